The lowest BCUT2D eigenvalue weighted by molar-refractivity contribution is -0.121. The topological polar surface area (TPSA) is 102 Å². The maximum absolute atomic E-state index is 13.2. The minimum atomic E-state index is -3.71. The number of aromatic nitrogens is 1. The van der Waals surface area contributed by atoms with Crippen molar-refractivity contribution in [2.75, 3.05) is 13.1 Å². The van der Waals surface area contributed by atoms with Crippen LogP contribution in [0.2, 0.25) is 0 Å². The van der Waals surface area contributed by atoms with E-state index >= 15 is 0 Å². The molecule has 1 fully saturated rings. The standard InChI is InChI=1S/C24H29N3O5S/c1-16-4-6-19(7-5-16)12-25-23(28)15-27-21-9-8-20(11-22(21)32-24(27)29)33(30,31)26-13-17(2)10-18(3)14-26/h4-9,11,17-18H,10,12-15H2,1-3H3,(H,25,28)/t17-,18+. The molecule has 4 rings (SSSR count). The summed E-state index contributed by atoms with van der Waals surface area (Å²) < 4.78 is 34.3. The normalized spacial score (nSPS) is 19.6. The van der Waals surface area contributed by atoms with E-state index in [1.807, 2.05) is 45.0 Å². The number of carbonyl (C=O) groups is 1. The lowest BCUT2D eigenvalue weighted by Crippen LogP contribution is -2.42. The molecule has 8 nitrogen and oxygen atoms in total. The molecule has 1 N–H and O–H groups in total. The molecule has 9 heteroatoms. The highest BCUT2D eigenvalue weighted by atomic mass is 32.2. The zero-order valence-corrected chi connectivity index (χ0v) is 19.9. The van der Waals surface area contributed by atoms with E-state index in [4.69, 9.17) is 4.42 Å². The van der Waals surface area contributed by atoms with E-state index in [9.17, 15) is 18.0 Å². The molecule has 0 aliphatic carbocycles. The number of nitrogens with zero attached hydrogens (tertiary/aromatic N) is 2. The van der Waals surface area contributed by atoms with Gasteiger partial charge in [-0.2, -0.15) is 4.31 Å². The number of fused-ring (bicyclic) bond motifs is 1. The number of oxazole rings is 1. The van der Waals surface area contributed by atoms with Crippen molar-refractivity contribution in [3.63, 3.8) is 0 Å². The molecule has 176 valence electrons. The van der Waals surface area contributed by atoms with Crippen LogP contribution < -0.4 is 11.1 Å². The molecule has 0 spiro atoms. The summed E-state index contributed by atoms with van der Waals surface area (Å²) in [5, 5.41) is 2.79. The number of nitrogens with one attached hydrogen (secondary N) is 1. The van der Waals surface area contributed by atoms with Crippen molar-refractivity contribution >= 4 is 27.0 Å². The monoisotopic (exact) mass is 471 g/mol. The fourth-order valence-electron chi connectivity index (χ4n) is 4.41. The first-order chi connectivity index (χ1) is 15.6. The third-order valence-corrected chi connectivity index (χ3v) is 7.85. The molecule has 0 unspecified atom stereocenters. The van der Waals surface area contributed by atoms with Crippen LogP contribution in [0.15, 0.2) is 56.6 Å². The van der Waals surface area contributed by atoms with Crippen molar-refractivity contribution in [2.45, 2.75) is 45.2 Å². The van der Waals surface area contributed by atoms with Gasteiger partial charge in [-0.25, -0.2) is 13.2 Å². The fourth-order valence-corrected chi connectivity index (χ4v) is 6.11. The van der Waals surface area contributed by atoms with E-state index in [-0.39, 0.29) is 34.8 Å². The number of hydrogen-bond donors (Lipinski definition) is 1. The Morgan fingerprint density at radius 3 is 2.42 bits per heavy atom. The Balaban J connectivity index is 1.52. The third-order valence-electron chi connectivity index (χ3n) is 6.02. The molecular weight excluding hydrogens is 442 g/mol. The number of hydrogen-bond acceptors (Lipinski definition) is 5. The van der Waals surface area contributed by atoms with Crippen LogP contribution in [-0.4, -0.2) is 36.3 Å². The highest BCUT2D eigenvalue weighted by molar-refractivity contribution is 7.89. The molecule has 1 amide bonds. The predicted molar refractivity (Wildman–Crippen MR) is 125 cm³/mol. The average molecular weight is 472 g/mol. The maximum Gasteiger partial charge on any atom is 0.420 e. The van der Waals surface area contributed by atoms with Crippen molar-refractivity contribution < 1.29 is 17.6 Å². The van der Waals surface area contributed by atoms with E-state index in [0.717, 1.165) is 17.5 Å². The molecule has 1 aliphatic rings. The summed E-state index contributed by atoms with van der Waals surface area (Å²) in [7, 11) is -3.71. The molecule has 0 radical (unpaired) electrons. The van der Waals surface area contributed by atoms with Crippen molar-refractivity contribution in [2.24, 2.45) is 11.8 Å². The summed E-state index contributed by atoms with van der Waals surface area (Å²) in [4.78, 5) is 24.9. The minimum Gasteiger partial charge on any atom is -0.408 e. The molecule has 0 saturated carbocycles. The van der Waals surface area contributed by atoms with Gasteiger partial charge in [0.1, 0.15) is 6.54 Å². The van der Waals surface area contributed by atoms with Gasteiger partial charge in [-0.3, -0.25) is 9.36 Å². The molecule has 33 heavy (non-hydrogen) atoms. The largest absolute Gasteiger partial charge is 0.420 e. The zero-order chi connectivity index (χ0) is 23.8. The highest BCUT2D eigenvalue weighted by Crippen LogP contribution is 2.28. The van der Waals surface area contributed by atoms with Crippen LogP contribution in [0.25, 0.3) is 11.1 Å². The summed E-state index contributed by atoms with van der Waals surface area (Å²) in [5.41, 5.74) is 2.61. The first-order valence-corrected chi connectivity index (χ1v) is 12.5. The number of benzene rings is 2. The van der Waals surface area contributed by atoms with Crippen LogP contribution in [0.3, 0.4) is 0 Å². The predicted octanol–water partition coefficient (Wildman–Crippen LogP) is 2.89. The van der Waals surface area contributed by atoms with Crippen molar-refractivity contribution in [1.29, 1.82) is 0 Å². The van der Waals surface area contributed by atoms with Gasteiger partial charge in [-0.05, 0) is 42.9 Å². The van der Waals surface area contributed by atoms with Crippen molar-refractivity contribution in [3.05, 3.63) is 64.1 Å². The first kappa shape index (κ1) is 23.3. The number of rotatable bonds is 6. The summed E-state index contributed by atoms with van der Waals surface area (Å²) >= 11 is 0. The minimum absolute atomic E-state index is 0.0843. The molecule has 0 bridgehead atoms. The van der Waals surface area contributed by atoms with Crippen LogP contribution in [0, 0.1) is 18.8 Å². The van der Waals surface area contributed by atoms with Gasteiger partial charge >= 0.3 is 5.76 Å². The fraction of sp³-hybridized carbons (Fsp3) is 0.417. The molecule has 2 aromatic carbocycles. The molecular formula is C24H29N3O5S. The van der Waals surface area contributed by atoms with E-state index < -0.39 is 15.8 Å². The van der Waals surface area contributed by atoms with Crippen LogP contribution in [-0.2, 0) is 27.9 Å². The molecule has 2 atom stereocenters. The zero-order valence-electron chi connectivity index (χ0n) is 19.1. The second-order valence-corrected chi connectivity index (χ2v) is 11.1. The van der Waals surface area contributed by atoms with E-state index in [2.05, 4.69) is 5.32 Å². The van der Waals surface area contributed by atoms with Gasteiger partial charge in [-0.1, -0.05) is 43.7 Å². The Morgan fingerprint density at radius 2 is 1.76 bits per heavy atom. The molecule has 2 heterocycles. The molecule has 1 aromatic heterocycles. The van der Waals surface area contributed by atoms with E-state index in [1.165, 1.54) is 27.1 Å². The van der Waals surface area contributed by atoms with Gasteiger partial charge in [-0.15, -0.1) is 0 Å². The van der Waals surface area contributed by atoms with Crippen LogP contribution >= 0.6 is 0 Å². The second-order valence-electron chi connectivity index (χ2n) is 9.11. The SMILES string of the molecule is Cc1ccc(CNC(=O)Cn2c(=O)oc3cc(S(=O)(=O)N4C[C@H](C)C[C@H](C)C4)ccc32)cc1. The summed E-state index contributed by atoms with van der Waals surface area (Å²) in [6, 6.07) is 12.2. The Hall–Kier alpha value is -2.91. The van der Waals surface area contributed by atoms with Crippen LogP contribution in [0.1, 0.15) is 31.4 Å². The third kappa shape index (κ3) is 5.04. The Bertz CT molecular complexity index is 1310. The van der Waals surface area contributed by atoms with Gasteiger partial charge in [0.05, 0.1) is 10.4 Å². The van der Waals surface area contributed by atoms with E-state index in [1.54, 1.807) is 0 Å². The van der Waals surface area contributed by atoms with Gasteiger partial charge in [0.2, 0.25) is 15.9 Å². The number of carbonyl (C=O) groups excluding carboxylic acids is 1. The number of sulfonamides is 1. The lowest BCUT2D eigenvalue weighted by atomic mass is 9.94. The van der Waals surface area contributed by atoms with E-state index in [0.29, 0.717) is 25.2 Å². The number of piperidine rings is 1. The molecule has 1 saturated heterocycles. The summed E-state index contributed by atoms with van der Waals surface area (Å²) in [6.07, 6.45) is 0.995. The van der Waals surface area contributed by atoms with Crippen molar-refractivity contribution in [1.82, 2.24) is 14.2 Å². The maximum atomic E-state index is 13.2. The van der Waals surface area contributed by atoms with Crippen LogP contribution in [0.4, 0.5) is 0 Å². The summed E-state index contributed by atoms with van der Waals surface area (Å²) in [5.74, 6) is -0.479. The lowest BCUT2D eigenvalue weighted by Gasteiger charge is -2.34. The first-order valence-electron chi connectivity index (χ1n) is 11.1. The number of aryl methyl sites for hydroxylation is 1. The van der Waals surface area contributed by atoms with Crippen molar-refractivity contribution in [3.8, 4) is 0 Å². The van der Waals surface area contributed by atoms with Gasteiger partial charge in [0, 0.05) is 25.7 Å². The Labute approximate surface area is 193 Å². The molecule has 1 aliphatic heterocycles. The highest BCUT2D eigenvalue weighted by Gasteiger charge is 2.32. The van der Waals surface area contributed by atoms with Gasteiger partial charge in [0.25, 0.3) is 0 Å². The molecule has 3 aromatic rings. The quantitative estimate of drug-likeness (QED) is 0.596. The Morgan fingerprint density at radius 1 is 1.09 bits per heavy atom. The van der Waals surface area contributed by atoms with Crippen LogP contribution in [0.5, 0.6) is 0 Å². The second kappa shape index (κ2) is 9.15. The number of amides is 1. The van der Waals surface area contributed by atoms with Gasteiger partial charge < -0.3 is 9.73 Å². The Kier molecular flexibility index (Phi) is 6.45. The summed E-state index contributed by atoms with van der Waals surface area (Å²) in [6.45, 7) is 7.15. The average Bonchev–Trinajstić information content (AvgIpc) is 3.07. The van der Waals surface area contributed by atoms with Gasteiger partial charge in [0.15, 0.2) is 5.58 Å². The smallest absolute Gasteiger partial charge is 0.408 e.